The van der Waals surface area contributed by atoms with E-state index >= 15 is 0 Å². The summed E-state index contributed by atoms with van der Waals surface area (Å²) in [7, 11) is 0. The minimum Gasteiger partial charge on any atom is -0.481 e. The minimum absolute atomic E-state index is 0.0951. The van der Waals surface area contributed by atoms with Crippen LogP contribution in [0.2, 0.25) is 0 Å². The number of carboxylic acid groups (broad SMARTS) is 1. The number of benzene rings is 1. The second-order valence-corrected chi connectivity index (χ2v) is 3.07. The van der Waals surface area contributed by atoms with Crippen molar-refractivity contribution in [2.45, 2.75) is 19.8 Å². The van der Waals surface area contributed by atoms with Crippen LogP contribution >= 0.6 is 0 Å². The van der Waals surface area contributed by atoms with Crippen molar-refractivity contribution in [3.63, 3.8) is 0 Å². The van der Waals surface area contributed by atoms with Crippen LogP contribution in [0, 0.1) is 0 Å². The van der Waals surface area contributed by atoms with E-state index in [2.05, 4.69) is 0 Å². The lowest BCUT2D eigenvalue weighted by atomic mass is 10.0. The summed E-state index contributed by atoms with van der Waals surface area (Å²) in [5, 5.41) is 8.73. The van der Waals surface area contributed by atoms with Crippen LogP contribution in [0.3, 0.4) is 0 Å². The number of hydrogen-bond acceptors (Lipinski definition) is 1. The Morgan fingerprint density at radius 2 is 2.00 bits per heavy atom. The van der Waals surface area contributed by atoms with E-state index in [0.29, 0.717) is 0 Å². The van der Waals surface area contributed by atoms with E-state index in [1.165, 1.54) is 0 Å². The van der Waals surface area contributed by atoms with Crippen molar-refractivity contribution in [1.82, 2.24) is 0 Å². The summed E-state index contributed by atoms with van der Waals surface area (Å²) in [6, 6.07) is 9.63. The number of carbonyl (C=O) groups is 1. The molecule has 0 aliphatic carbocycles. The first-order chi connectivity index (χ1) is 6.74. The van der Waals surface area contributed by atoms with Crippen LogP contribution in [0.5, 0.6) is 0 Å². The predicted molar refractivity (Wildman–Crippen MR) is 57.0 cm³/mol. The zero-order chi connectivity index (χ0) is 10.4. The monoisotopic (exact) mass is 190 g/mol. The van der Waals surface area contributed by atoms with E-state index in [1.54, 1.807) is 0 Å². The van der Waals surface area contributed by atoms with Gasteiger partial charge in [-0.1, -0.05) is 43.3 Å². The number of hydrogen-bond donors (Lipinski definition) is 1. The fraction of sp³-hybridized carbons (Fsp3) is 0.250. The maximum Gasteiger partial charge on any atom is 0.307 e. The second-order valence-electron chi connectivity index (χ2n) is 3.07. The quantitative estimate of drug-likeness (QED) is 0.792. The molecule has 1 aromatic carbocycles. The fourth-order valence-electron chi connectivity index (χ4n) is 1.35. The summed E-state index contributed by atoms with van der Waals surface area (Å²) in [5.74, 6) is -0.784. The summed E-state index contributed by atoms with van der Waals surface area (Å²) in [6.45, 7) is 2.00. The third-order valence-electron chi connectivity index (χ3n) is 1.94. The second kappa shape index (κ2) is 5.22. The number of carboxylic acids is 1. The molecule has 14 heavy (non-hydrogen) atoms. The maximum atomic E-state index is 10.6. The number of rotatable bonds is 4. The zero-order valence-electron chi connectivity index (χ0n) is 8.23. The van der Waals surface area contributed by atoms with Gasteiger partial charge in [0.25, 0.3) is 0 Å². The van der Waals surface area contributed by atoms with Crippen molar-refractivity contribution in [3.8, 4) is 0 Å². The van der Waals surface area contributed by atoms with Gasteiger partial charge < -0.3 is 5.11 Å². The molecule has 2 nitrogen and oxygen atoms in total. The van der Waals surface area contributed by atoms with Gasteiger partial charge in [-0.15, -0.1) is 0 Å². The molecule has 0 aliphatic rings. The predicted octanol–water partition coefficient (Wildman–Crippen LogP) is 2.95. The molecule has 74 valence electrons. The molecule has 0 spiro atoms. The normalized spacial score (nSPS) is 11.4. The molecule has 1 N–H and O–H groups in total. The van der Waals surface area contributed by atoms with Crippen LogP contribution in [0.15, 0.2) is 36.4 Å². The molecule has 0 saturated heterocycles. The third-order valence-corrected chi connectivity index (χ3v) is 1.94. The molecule has 1 aromatic rings. The first kappa shape index (κ1) is 10.5. The van der Waals surface area contributed by atoms with Gasteiger partial charge in [0.2, 0.25) is 0 Å². The van der Waals surface area contributed by atoms with Gasteiger partial charge >= 0.3 is 5.97 Å². The molecule has 0 amide bonds. The van der Waals surface area contributed by atoms with E-state index in [0.717, 1.165) is 17.6 Å². The molecule has 0 atom stereocenters. The van der Waals surface area contributed by atoms with Crippen molar-refractivity contribution < 1.29 is 9.90 Å². The molecule has 0 aliphatic heterocycles. The highest BCUT2D eigenvalue weighted by Gasteiger charge is 2.04. The lowest BCUT2D eigenvalue weighted by molar-refractivity contribution is -0.135. The third kappa shape index (κ3) is 3.05. The van der Waals surface area contributed by atoms with Crippen LogP contribution in [-0.4, -0.2) is 11.1 Å². The average Bonchev–Trinajstić information content (AvgIpc) is 2.18. The lowest BCUT2D eigenvalue weighted by Gasteiger charge is -2.04. The highest BCUT2D eigenvalue weighted by Crippen LogP contribution is 2.18. The topological polar surface area (TPSA) is 37.3 Å². The average molecular weight is 190 g/mol. The summed E-state index contributed by atoms with van der Waals surface area (Å²) in [6.07, 6.45) is 2.92. The first-order valence-corrected chi connectivity index (χ1v) is 4.70. The van der Waals surface area contributed by atoms with Gasteiger partial charge in [0, 0.05) is 0 Å². The first-order valence-electron chi connectivity index (χ1n) is 4.70. The van der Waals surface area contributed by atoms with E-state index in [9.17, 15) is 4.79 Å². The van der Waals surface area contributed by atoms with Crippen molar-refractivity contribution in [3.05, 3.63) is 42.0 Å². The van der Waals surface area contributed by atoms with Gasteiger partial charge in [0.15, 0.2) is 0 Å². The molecular weight excluding hydrogens is 176 g/mol. The summed E-state index contributed by atoms with van der Waals surface area (Å²) >= 11 is 0. The van der Waals surface area contributed by atoms with Gasteiger partial charge in [-0.25, -0.2) is 0 Å². The van der Waals surface area contributed by atoms with Gasteiger partial charge in [-0.2, -0.15) is 0 Å². The van der Waals surface area contributed by atoms with E-state index < -0.39 is 5.97 Å². The number of aliphatic carboxylic acids is 1. The standard InChI is InChI=1S/C12H14O2/c1-2-6-11(9-12(13)14)10-7-4-3-5-8-10/h3-8H,2,9H2,1H3,(H,13,14)/b11-6-. The van der Waals surface area contributed by atoms with Gasteiger partial charge in [0.05, 0.1) is 6.42 Å². The molecular formula is C12H14O2. The van der Waals surface area contributed by atoms with Crippen molar-refractivity contribution >= 4 is 11.5 Å². The molecule has 0 saturated carbocycles. The van der Waals surface area contributed by atoms with Crippen LogP contribution < -0.4 is 0 Å². The van der Waals surface area contributed by atoms with E-state index in [-0.39, 0.29) is 6.42 Å². The Labute approximate surface area is 83.9 Å². The van der Waals surface area contributed by atoms with Gasteiger partial charge in [-0.05, 0) is 17.6 Å². The minimum atomic E-state index is -0.784. The molecule has 0 unspecified atom stereocenters. The van der Waals surface area contributed by atoms with Gasteiger partial charge in [-0.3, -0.25) is 4.79 Å². The molecule has 0 radical (unpaired) electrons. The molecule has 0 heterocycles. The van der Waals surface area contributed by atoms with Crippen LogP contribution in [-0.2, 0) is 4.79 Å². The fourth-order valence-corrected chi connectivity index (χ4v) is 1.35. The van der Waals surface area contributed by atoms with Crippen molar-refractivity contribution in [2.75, 3.05) is 0 Å². The Hall–Kier alpha value is -1.57. The molecule has 0 fully saturated rings. The molecule has 0 bridgehead atoms. The van der Waals surface area contributed by atoms with Gasteiger partial charge in [0.1, 0.15) is 0 Å². The summed E-state index contributed by atoms with van der Waals surface area (Å²) in [5.41, 5.74) is 1.89. The summed E-state index contributed by atoms with van der Waals surface area (Å²) in [4.78, 5) is 10.6. The SMILES string of the molecule is CC/C=C(/CC(=O)O)c1ccccc1. The van der Waals surface area contributed by atoms with Crippen LogP contribution in [0.4, 0.5) is 0 Å². The van der Waals surface area contributed by atoms with Crippen molar-refractivity contribution in [1.29, 1.82) is 0 Å². The number of allylic oxidation sites excluding steroid dienone is 1. The maximum absolute atomic E-state index is 10.6. The molecule has 0 aromatic heterocycles. The Kier molecular flexibility index (Phi) is 3.92. The van der Waals surface area contributed by atoms with E-state index in [4.69, 9.17) is 5.11 Å². The summed E-state index contributed by atoms with van der Waals surface area (Å²) < 4.78 is 0. The van der Waals surface area contributed by atoms with Crippen LogP contribution in [0.25, 0.3) is 5.57 Å². The largest absolute Gasteiger partial charge is 0.481 e. The smallest absolute Gasteiger partial charge is 0.307 e. The Morgan fingerprint density at radius 3 is 2.50 bits per heavy atom. The Bertz CT molecular complexity index is 325. The van der Waals surface area contributed by atoms with E-state index in [1.807, 2.05) is 43.3 Å². The highest BCUT2D eigenvalue weighted by atomic mass is 16.4. The Balaban J connectivity index is 2.89. The van der Waals surface area contributed by atoms with Crippen LogP contribution in [0.1, 0.15) is 25.3 Å². The highest BCUT2D eigenvalue weighted by molar-refractivity contribution is 5.83. The molecule has 1 rings (SSSR count). The lowest BCUT2D eigenvalue weighted by Crippen LogP contribution is -1.96. The Morgan fingerprint density at radius 1 is 1.36 bits per heavy atom. The zero-order valence-corrected chi connectivity index (χ0v) is 8.23. The molecule has 2 heteroatoms. The van der Waals surface area contributed by atoms with Crippen molar-refractivity contribution in [2.24, 2.45) is 0 Å².